The van der Waals surface area contributed by atoms with Crippen molar-refractivity contribution < 1.29 is 23.2 Å². The van der Waals surface area contributed by atoms with Gasteiger partial charge in [-0.2, -0.15) is 13.4 Å². The fourth-order valence-corrected chi connectivity index (χ4v) is 4.74. The summed E-state index contributed by atoms with van der Waals surface area (Å²) in [5, 5.41) is 12.0. The van der Waals surface area contributed by atoms with Crippen molar-refractivity contribution in [2.45, 2.75) is 25.2 Å². The molecule has 0 radical (unpaired) electrons. The van der Waals surface area contributed by atoms with E-state index in [0.717, 1.165) is 34.5 Å². The van der Waals surface area contributed by atoms with E-state index in [2.05, 4.69) is 31.6 Å². The van der Waals surface area contributed by atoms with Crippen LogP contribution in [-0.4, -0.2) is 28.7 Å². The molecule has 2 aliphatic rings. The molecule has 1 atom stereocenters. The van der Waals surface area contributed by atoms with Crippen LogP contribution >= 0.6 is 15.9 Å². The Labute approximate surface area is 187 Å². The quantitative estimate of drug-likeness (QED) is 0.502. The lowest BCUT2D eigenvalue weighted by Gasteiger charge is -2.26. The Kier molecular flexibility index (Phi) is 5.02. The van der Waals surface area contributed by atoms with E-state index in [1.54, 1.807) is 12.1 Å². The van der Waals surface area contributed by atoms with Gasteiger partial charge in [0.2, 0.25) is 0 Å². The molecule has 3 aromatic rings. The maximum absolute atomic E-state index is 12.6. The average molecular weight is 486 g/mol. The molecule has 7 heteroatoms. The molecule has 0 fully saturated rings. The number of para-hydroxylation sites is 1. The molecule has 0 spiro atoms. The zero-order chi connectivity index (χ0) is 21.6. The molecule has 5 rings (SSSR count). The first-order chi connectivity index (χ1) is 15.0. The molecule has 3 aromatic carbocycles. The van der Waals surface area contributed by atoms with E-state index in [-0.39, 0.29) is 5.75 Å². The Bertz CT molecular complexity index is 1150. The average Bonchev–Trinajstić information content (AvgIpc) is 3.08. The van der Waals surface area contributed by atoms with Crippen LogP contribution in [-0.2, 0) is 12.1 Å². The topological polar surface area (TPSA) is 35.7 Å². The molecule has 0 amide bonds. The number of amidine groups is 1. The lowest BCUT2D eigenvalue weighted by atomic mass is 9.98. The van der Waals surface area contributed by atoms with Crippen molar-refractivity contribution in [3.05, 3.63) is 88.4 Å². The summed E-state index contributed by atoms with van der Waals surface area (Å²) >= 11 is 3.48. The molecule has 0 saturated carbocycles. The Morgan fingerprint density at radius 2 is 1.68 bits per heavy atom. The van der Waals surface area contributed by atoms with Crippen LogP contribution in [0.1, 0.15) is 17.5 Å². The van der Waals surface area contributed by atoms with Gasteiger partial charge in [0.05, 0.1) is 6.42 Å². The molecule has 0 aromatic heterocycles. The van der Waals surface area contributed by atoms with Crippen LogP contribution < -0.4 is 9.64 Å². The molecular formula is C24H20BrF2N2O2+. The summed E-state index contributed by atoms with van der Waals surface area (Å²) in [6.45, 7) is -2.57. The molecule has 0 saturated heterocycles. The van der Waals surface area contributed by atoms with Gasteiger partial charge in [-0.15, -0.1) is 0 Å². The molecule has 4 nitrogen and oxygen atoms in total. The van der Waals surface area contributed by atoms with E-state index >= 15 is 0 Å². The van der Waals surface area contributed by atoms with E-state index in [1.165, 1.54) is 17.7 Å². The minimum absolute atomic E-state index is 0.0633. The molecule has 158 valence electrons. The number of nitrogens with zero attached hydrogens (tertiary/aromatic N) is 2. The highest BCUT2D eigenvalue weighted by Gasteiger charge is 2.54. The number of halogens is 3. The van der Waals surface area contributed by atoms with Gasteiger partial charge in [-0.1, -0.05) is 34.1 Å². The summed E-state index contributed by atoms with van der Waals surface area (Å²) in [6, 6.07) is 22.3. The van der Waals surface area contributed by atoms with E-state index in [9.17, 15) is 13.9 Å². The van der Waals surface area contributed by atoms with Gasteiger partial charge in [-0.25, -0.2) is 4.90 Å². The Balaban J connectivity index is 1.63. The van der Waals surface area contributed by atoms with Crippen molar-refractivity contribution in [1.82, 2.24) is 0 Å². The Morgan fingerprint density at radius 3 is 2.39 bits per heavy atom. The van der Waals surface area contributed by atoms with Crippen LogP contribution in [0, 0.1) is 0 Å². The largest absolute Gasteiger partial charge is 0.435 e. The van der Waals surface area contributed by atoms with Crippen molar-refractivity contribution >= 4 is 33.1 Å². The summed E-state index contributed by atoms with van der Waals surface area (Å²) in [5.41, 5.74) is 2.36. The van der Waals surface area contributed by atoms with Crippen LogP contribution in [0.2, 0.25) is 0 Å². The lowest BCUT2D eigenvalue weighted by molar-refractivity contribution is -0.594. The van der Waals surface area contributed by atoms with Crippen molar-refractivity contribution in [2.75, 3.05) is 11.4 Å². The predicted molar refractivity (Wildman–Crippen MR) is 118 cm³/mol. The first-order valence-electron chi connectivity index (χ1n) is 10.0. The van der Waals surface area contributed by atoms with Crippen molar-refractivity contribution in [1.29, 1.82) is 0 Å². The van der Waals surface area contributed by atoms with Crippen molar-refractivity contribution in [3.8, 4) is 5.75 Å². The smallest absolute Gasteiger partial charge is 0.387 e. The number of benzene rings is 3. The third kappa shape index (κ3) is 3.51. The maximum atomic E-state index is 12.6. The highest BCUT2D eigenvalue weighted by molar-refractivity contribution is 9.10. The van der Waals surface area contributed by atoms with Crippen molar-refractivity contribution in [3.63, 3.8) is 0 Å². The van der Waals surface area contributed by atoms with Gasteiger partial charge in [0.15, 0.2) is 6.54 Å². The number of rotatable bonds is 4. The second-order valence-corrected chi connectivity index (χ2v) is 8.58. The molecule has 1 N–H and O–H groups in total. The minimum atomic E-state index is -2.89. The van der Waals surface area contributed by atoms with Gasteiger partial charge in [0, 0.05) is 10.0 Å². The van der Waals surface area contributed by atoms with E-state index in [1.807, 2.05) is 47.0 Å². The fraction of sp³-hybridized carbons (Fsp3) is 0.208. The monoisotopic (exact) mass is 485 g/mol. The molecule has 2 aliphatic heterocycles. The first-order valence-corrected chi connectivity index (χ1v) is 10.8. The minimum Gasteiger partial charge on any atom is -0.435 e. The van der Waals surface area contributed by atoms with Crippen LogP contribution in [0.4, 0.5) is 20.2 Å². The van der Waals surface area contributed by atoms with Crippen LogP contribution in [0.3, 0.4) is 0 Å². The summed E-state index contributed by atoms with van der Waals surface area (Å²) < 4.78 is 32.6. The van der Waals surface area contributed by atoms with Crippen LogP contribution in [0.25, 0.3) is 0 Å². The Hall–Kier alpha value is -2.77. The number of aliphatic hydroxyl groups is 1. The normalized spacial score (nSPS) is 20.1. The van der Waals surface area contributed by atoms with Crippen LogP contribution in [0.5, 0.6) is 5.75 Å². The molecule has 2 heterocycles. The standard InChI is InChI=1S/C24H20BrF2N2O2/c25-18-8-10-19(11-9-18)28-15-24(30,17-6-12-20(13-7-17)31-23(26)27)29-21-4-2-1-3-16(21)5-14-22(28)29/h1-4,6-13,23,30H,5,14-15H2/q+1/t24-/m1/s1. The lowest BCUT2D eigenvalue weighted by Crippen LogP contribution is -2.39. The summed E-state index contributed by atoms with van der Waals surface area (Å²) in [7, 11) is 0. The SMILES string of the molecule is O[C@@]1(c2ccc(OC(F)F)cc2)CN(c2ccc(Br)cc2)C2=[N+]1c1ccccc1CC2. The summed E-state index contributed by atoms with van der Waals surface area (Å²) in [6.07, 6.45) is 1.66. The molecule has 0 bridgehead atoms. The fourth-order valence-electron chi connectivity index (χ4n) is 4.47. The maximum Gasteiger partial charge on any atom is 0.387 e. The number of hydrogen-bond acceptors (Lipinski definition) is 3. The number of hydrogen-bond donors (Lipinski definition) is 1. The van der Waals surface area contributed by atoms with Crippen molar-refractivity contribution in [2.24, 2.45) is 0 Å². The second kappa shape index (κ2) is 7.73. The van der Waals surface area contributed by atoms with Gasteiger partial charge in [0.1, 0.15) is 17.1 Å². The third-order valence-electron chi connectivity index (χ3n) is 5.85. The molecule has 31 heavy (non-hydrogen) atoms. The molecular weight excluding hydrogens is 466 g/mol. The first kappa shape index (κ1) is 20.2. The highest BCUT2D eigenvalue weighted by atomic mass is 79.9. The molecule has 0 unspecified atom stereocenters. The van der Waals surface area contributed by atoms with E-state index in [0.29, 0.717) is 12.1 Å². The Morgan fingerprint density at radius 1 is 0.968 bits per heavy atom. The van der Waals surface area contributed by atoms with Gasteiger partial charge >= 0.3 is 6.61 Å². The number of anilines is 1. The zero-order valence-corrected chi connectivity index (χ0v) is 18.1. The number of fused-ring (bicyclic) bond motifs is 2. The van der Waals surface area contributed by atoms with E-state index in [4.69, 9.17) is 0 Å². The van der Waals surface area contributed by atoms with Gasteiger partial charge in [-0.3, -0.25) is 0 Å². The summed E-state index contributed by atoms with van der Waals surface area (Å²) in [4.78, 5) is 2.13. The highest BCUT2D eigenvalue weighted by Crippen LogP contribution is 2.42. The molecule has 0 aliphatic carbocycles. The van der Waals surface area contributed by atoms with Gasteiger partial charge < -0.3 is 9.84 Å². The third-order valence-corrected chi connectivity index (χ3v) is 6.38. The van der Waals surface area contributed by atoms with Gasteiger partial charge in [-0.05, 0) is 66.6 Å². The number of ether oxygens (including phenoxy) is 1. The number of aryl methyl sites for hydroxylation is 1. The predicted octanol–water partition coefficient (Wildman–Crippen LogP) is 5.40. The zero-order valence-electron chi connectivity index (χ0n) is 16.5. The van der Waals surface area contributed by atoms with Crippen LogP contribution in [0.15, 0.2) is 77.3 Å². The summed E-state index contributed by atoms with van der Waals surface area (Å²) in [5.74, 6) is 1.07. The number of alkyl halides is 2. The second-order valence-electron chi connectivity index (χ2n) is 7.66. The van der Waals surface area contributed by atoms with E-state index < -0.39 is 12.3 Å². The number of β-amino-alcohol motifs (C(OH)–C–C–N with tert-alkyl or cyclic N) is 1. The van der Waals surface area contributed by atoms with Gasteiger partial charge in [0.25, 0.3) is 11.6 Å².